The van der Waals surface area contributed by atoms with Gasteiger partial charge in [0.25, 0.3) is 5.97 Å². The number of benzene rings is 3. The molecule has 2 atom stereocenters. The standard InChI is InChI=1S/C33H39F2N3O3.C2H4O2/c1-5-12-37(4)26-9-10-27(28(35)17-26)29-15-24(23-8-11-30-31(16-23)41-20-40-30)18-38(29)19-32(39)36-33-21(6-2)13-25(34)14-22(33)7-3;1-2(3)4/h8-11,13-14,16-17,24,29H,5-7,12,15,18-20H2,1-4H3,(H,36,39);1H3,(H,3,4)/t24?,29-;/m1./s1. The van der Waals surface area contributed by atoms with Gasteiger partial charge in [0.1, 0.15) is 11.6 Å². The third kappa shape index (κ3) is 8.30. The van der Waals surface area contributed by atoms with Crippen LogP contribution in [0.1, 0.15) is 74.8 Å². The first-order valence-electron chi connectivity index (χ1n) is 15.5. The zero-order chi connectivity index (χ0) is 32.7. The zero-order valence-corrected chi connectivity index (χ0v) is 26.7. The molecular formula is C35H43F2N3O5. The molecule has 0 spiro atoms. The molecule has 10 heteroatoms. The number of carbonyl (C=O) groups excluding carboxylic acids is 1. The van der Waals surface area contributed by atoms with E-state index in [1.807, 2.05) is 56.1 Å². The summed E-state index contributed by atoms with van der Waals surface area (Å²) in [6, 6.07) is 14.0. The molecule has 1 unspecified atom stereocenters. The summed E-state index contributed by atoms with van der Waals surface area (Å²) in [6.45, 7) is 8.78. The number of hydrogen-bond acceptors (Lipinski definition) is 6. The summed E-state index contributed by atoms with van der Waals surface area (Å²) < 4.78 is 40.9. The van der Waals surface area contributed by atoms with Crippen LogP contribution in [0.15, 0.2) is 48.5 Å². The molecule has 3 aromatic rings. The lowest BCUT2D eigenvalue weighted by Gasteiger charge is -2.26. The van der Waals surface area contributed by atoms with E-state index in [0.717, 1.165) is 48.0 Å². The van der Waals surface area contributed by atoms with Gasteiger partial charge < -0.3 is 24.8 Å². The van der Waals surface area contributed by atoms with Crippen molar-refractivity contribution in [2.75, 3.05) is 43.7 Å². The molecule has 2 N–H and O–H groups in total. The Hall–Kier alpha value is -4.18. The van der Waals surface area contributed by atoms with Crippen LogP contribution in [-0.4, -0.2) is 55.4 Å². The van der Waals surface area contributed by atoms with Gasteiger partial charge in [-0.15, -0.1) is 0 Å². The molecule has 0 saturated carbocycles. The Morgan fingerprint density at radius 3 is 2.29 bits per heavy atom. The molecule has 3 aromatic carbocycles. The van der Waals surface area contributed by atoms with Crippen molar-refractivity contribution in [2.45, 2.75) is 65.3 Å². The van der Waals surface area contributed by atoms with Crippen LogP contribution in [0.5, 0.6) is 11.5 Å². The third-order valence-electron chi connectivity index (χ3n) is 8.25. The first-order valence-corrected chi connectivity index (χ1v) is 15.5. The van der Waals surface area contributed by atoms with Gasteiger partial charge in [-0.1, -0.05) is 32.9 Å². The number of rotatable bonds is 10. The SMILES string of the molecule is CC(=O)O.CCCN(C)c1ccc([C@H]2CC(c3ccc4c(c3)OCO4)CN2CC(=O)Nc2c(CC)cc(F)cc2CC)c(F)c1. The molecule has 8 nitrogen and oxygen atoms in total. The molecule has 2 aliphatic rings. The maximum atomic E-state index is 15.7. The molecule has 0 bridgehead atoms. The van der Waals surface area contributed by atoms with Crippen LogP contribution in [0, 0.1) is 11.6 Å². The molecule has 2 aliphatic heterocycles. The molecular weight excluding hydrogens is 580 g/mol. The zero-order valence-electron chi connectivity index (χ0n) is 26.7. The van der Waals surface area contributed by atoms with Crippen LogP contribution < -0.4 is 19.7 Å². The smallest absolute Gasteiger partial charge is 0.300 e. The second-order valence-electron chi connectivity index (χ2n) is 11.5. The van der Waals surface area contributed by atoms with Gasteiger partial charge in [-0.2, -0.15) is 0 Å². The molecule has 1 amide bonds. The Morgan fingerprint density at radius 1 is 1.00 bits per heavy atom. The summed E-state index contributed by atoms with van der Waals surface area (Å²) >= 11 is 0. The van der Waals surface area contributed by atoms with E-state index in [1.165, 1.54) is 12.1 Å². The van der Waals surface area contributed by atoms with Gasteiger partial charge in [0.2, 0.25) is 12.7 Å². The third-order valence-corrected chi connectivity index (χ3v) is 8.25. The number of nitrogens with zero attached hydrogens (tertiary/aromatic N) is 2. The second kappa shape index (κ2) is 15.2. The average Bonchev–Trinajstić information content (AvgIpc) is 3.64. The number of anilines is 2. The predicted molar refractivity (Wildman–Crippen MR) is 171 cm³/mol. The highest BCUT2D eigenvalue weighted by atomic mass is 19.1. The molecule has 0 aromatic heterocycles. The van der Waals surface area contributed by atoms with E-state index in [2.05, 4.69) is 17.1 Å². The lowest BCUT2D eigenvalue weighted by atomic mass is 9.93. The second-order valence-corrected chi connectivity index (χ2v) is 11.5. The van der Waals surface area contributed by atoms with Gasteiger partial charge in [-0.05, 0) is 84.7 Å². The number of nitrogens with one attached hydrogen (secondary N) is 1. The van der Waals surface area contributed by atoms with E-state index >= 15 is 4.39 Å². The number of aliphatic carboxylic acids is 1. The average molecular weight is 624 g/mol. The van der Waals surface area contributed by atoms with E-state index in [0.29, 0.717) is 42.8 Å². The minimum atomic E-state index is -0.833. The molecule has 1 fully saturated rings. The van der Waals surface area contributed by atoms with Gasteiger partial charge in [-0.25, -0.2) is 8.78 Å². The largest absolute Gasteiger partial charge is 0.481 e. The highest BCUT2D eigenvalue weighted by Crippen LogP contribution is 2.44. The Morgan fingerprint density at radius 2 is 1.67 bits per heavy atom. The monoisotopic (exact) mass is 623 g/mol. The number of carboxylic acid groups (broad SMARTS) is 1. The molecule has 0 aliphatic carbocycles. The van der Waals surface area contributed by atoms with Crippen LogP contribution in [0.4, 0.5) is 20.2 Å². The number of carbonyl (C=O) groups is 2. The summed E-state index contributed by atoms with van der Waals surface area (Å²) in [6.07, 6.45) is 2.83. The van der Waals surface area contributed by atoms with E-state index in [4.69, 9.17) is 19.4 Å². The fraction of sp³-hybridized carbons (Fsp3) is 0.429. The lowest BCUT2D eigenvalue weighted by Crippen LogP contribution is -2.34. The molecule has 5 rings (SSSR count). The van der Waals surface area contributed by atoms with Gasteiger partial charge >= 0.3 is 0 Å². The molecule has 45 heavy (non-hydrogen) atoms. The Bertz CT molecular complexity index is 1490. The summed E-state index contributed by atoms with van der Waals surface area (Å²) in [4.78, 5) is 26.6. The van der Waals surface area contributed by atoms with Crippen LogP contribution in [-0.2, 0) is 22.4 Å². The van der Waals surface area contributed by atoms with E-state index in [9.17, 15) is 9.18 Å². The topological polar surface area (TPSA) is 91.3 Å². The quantitative estimate of drug-likeness (QED) is 0.253. The molecule has 2 heterocycles. The number of carboxylic acids is 1. The Labute approximate surface area is 263 Å². The number of fused-ring (bicyclic) bond motifs is 1. The van der Waals surface area contributed by atoms with Crippen molar-refractivity contribution < 1.29 is 33.0 Å². The molecule has 1 saturated heterocycles. The molecule has 0 radical (unpaired) electrons. The number of hydrogen-bond donors (Lipinski definition) is 2. The Kier molecular flexibility index (Phi) is 11.4. The van der Waals surface area contributed by atoms with Crippen molar-refractivity contribution in [2.24, 2.45) is 0 Å². The van der Waals surface area contributed by atoms with Gasteiger partial charge in [0.05, 0.1) is 6.54 Å². The van der Waals surface area contributed by atoms with Crippen LogP contribution in [0.2, 0.25) is 0 Å². The highest BCUT2D eigenvalue weighted by Gasteiger charge is 2.37. The highest BCUT2D eigenvalue weighted by molar-refractivity contribution is 5.94. The van der Waals surface area contributed by atoms with Gasteiger partial charge in [0.15, 0.2) is 11.5 Å². The first kappa shape index (κ1) is 33.7. The number of amides is 1. The minimum absolute atomic E-state index is 0.0763. The Balaban J connectivity index is 0.00000109. The normalized spacial score (nSPS) is 17.0. The minimum Gasteiger partial charge on any atom is -0.481 e. The van der Waals surface area contributed by atoms with Crippen molar-refractivity contribution >= 4 is 23.3 Å². The maximum Gasteiger partial charge on any atom is 0.300 e. The number of likely N-dealkylation sites (tertiary alicyclic amines) is 1. The van der Waals surface area contributed by atoms with Crippen molar-refractivity contribution in [3.63, 3.8) is 0 Å². The van der Waals surface area contributed by atoms with Crippen molar-refractivity contribution in [3.05, 3.63) is 82.4 Å². The maximum absolute atomic E-state index is 15.7. The first-order chi connectivity index (χ1) is 21.5. The van der Waals surface area contributed by atoms with Gasteiger partial charge in [-0.3, -0.25) is 14.5 Å². The molecule has 242 valence electrons. The van der Waals surface area contributed by atoms with E-state index in [-0.39, 0.29) is 42.8 Å². The van der Waals surface area contributed by atoms with Crippen LogP contribution >= 0.6 is 0 Å². The summed E-state index contributed by atoms with van der Waals surface area (Å²) in [7, 11) is 1.96. The summed E-state index contributed by atoms with van der Waals surface area (Å²) in [5.41, 5.74) is 4.70. The van der Waals surface area contributed by atoms with Crippen molar-refractivity contribution in [1.29, 1.82) is 0 Å². The number of halogens is 2. The fourth-order valence-electron chi connectivity index (χ4n) is 6.11. The summed E-state index contributed by atoms with van der Waals surface area (Å²) in [5.74, 6) is -0.0987. The fourth-order valence-corrected chi connectivity index (χ4v) is 6.11. The van der Waals surface area contributed by atoms with Crippen LogP contribution in [0.3, 0.4) is 0 Å². The lowest BCUT2D eigenvalue weighted by molar-refractivity contribution is -0.134. The van der Waals surface area contributed by atoms with E-state index < -0.39 is 5.97 Å². The van der Waals surface area contributed by atoms with Crippen molar-refractivity contribution in [1.82, 2.24) is 4.90 Å². The van der Waals surface area contributed by atoms with Crippen LogP contribution in [0.25, 0.3) is 0 Å². The number of ether oxygens (including phenoxy) is 2. The van der Waals surface area contributed by atoms with Crippen molar-refractivity contribution in [3.8, 4) is 11.5 Å². The van der Waals surface area contributed by atoms with E-state index in [1.54, 1.807) is 6.07 Å². The predicted octanol–water partition coefficient (Wildman–Crippen LogP) is 6.92. The summed E-state index contributed by atoms with van der Waals surface area (Å²) in [5, 5.41) is 10.5. The number of aryl methyl sites for hydroxylation is 2. The van der Waals surface area contributed by atoms with Gasteiger partial charge in [0, 0.05) is 50.0 Å².